The molecule has 406 valence electrons. The van der Waals surface area contributed by atoms with Crippen LogP contribution in [0, 0.1) is 6.92 Å². The van der Waals surface area contributed by atoms with Gasteiger partial charge in [-0.15, -0.1) is 13.2 Å². The number of hydrogen-bond donors (Lipinski definition) is 0. The number of nitrogens with zero attached hydrogens (tertiary/aromatic N) is 4. The molecule has 0 atom stereocenters. The molecule has 76 heavy (non-hydrogen) atoms. The molecular weight excluding hydrogens is 1040 g/mol. The molecule has 7 aromatic rings. The van der Waals surface area contributed by atoms with Gasteiger partial charge in [-0.3, -0.25) is 0 Å². The second-order valence-corrected chi connectivity index (χ2v) is 24.0. The van der Waals surface area contributed by atoms with Crippen LogP contribution in [-0.4, -0.2) is 87.0 Å². The number of carbonyl (C=O) groups is 2. The lowest BCUT2D eigenvalue weighted by Crippen LogP contribution is -2.50. The maximum Gasteiger partial charge on any atom is 0.601 e. The van der Waals surface area contributed by atoms with E-state index in [4.69, 9.17) is 31.9 Å². The van der Waals surface area contributed by atoms with E-state index in [-0.39, 0.29) is 23.4 Å². The average molecular weight is 1100 g/mol. The predicted molar refractivity (Wildman–Crippen MR) is 276 cm³/mol. The van der Waals surface area contributed by atoms with Crippen molar-refractivity contribution in [3.05, 3.63) is 145 Å². The predicted octanol–water partition coefficient (Wildman–Crippen LogP) is 13.8. The molecule has 0 radical (unpaired) electrons. The Balaban J connectivity index is 0.000000143. The van der Waals surface area contributed by atoms with Gasteiger partial charge in [0.1, 0.15) is 33.2 Å². The molecule has 2 spiro atoms. The number of fused-ring (bicyclic) bond motifs is 11. The Morgan fingerprint density at radius 3 is 1.43 bits per heavy atom. The molecule has 21 heteroatoms. The van der Waals surface area contributed by atoms with E-state index in [1.54, 1.807) is 58.3 Å². The normalized spacial score (nSPS) is 16.4. The number of para-hydroxylation sites is 4. The Bertz CT molecular complexity index is 3300. The first kappa shape index (κ1) is 55.5. The van der Waals surface area contributed by atoms with Gasteiger partial charge in [0.05, 0.1) is 22.8 Å². The van der Waals surface area contributed by atoms with Gasteiger partial charge in [0.15, 0.2) is 30.7 Å². The largest absolute Gasteiger partial charge is 0.741 e. The van der Waals surface area contributed by atoms with Gasteiger partial charge in [0.2, 0.25) is 0 Å². The Morgan fingerprint density at radius 1 is 0.579 bits per heavy atom. The van der Waals surface area contributed by atoms with Crippen LogP contribution in [0.5, 0.6) is 11.5 Å². The van der Waals surface area contributed by atoms with E-state index in [0.29, 0.717) is 46.4 Å². The zero-order chi connectivity index (χ0) is 55.2. The number of aryl methyl sites for hydroxylation is 1. The van der Waals surface area contributed by atoms with Crippen LogP contribution in [0.2, 0.25) is 0 Å². The lowest BCUT2D eigenvalue weighted by Gasteiger charge is -2.45. The Labute approximate surface area is 439 Å². The molecule has 0 aliphatic carbocycles. The van der Waals surface area contributed by atoms with E-state index >= 15 is 0 Å². The molecule has 2 fully saturated rings. The summed E-state index contributed by atoms with van der Waals surface area (Å²) in [6, 6.07) is 38.3. The van der Waals surface area contributed by atoms with Crippen LogP contribution in [0.4, 0.5) is 35.9 Å². The standard InChI is InChI=1S/C21H26N2O3.C20H24N2O3.C13H8F3S.CHF3O3S/c1-15-9-10-18-21(25-17-8-6-5-7-16(17)23(15)18)11-13-22(14-12-21)19(24)26-20(2,3)4;1-19(2,3)25-18(23)21-13-10-20(11-14-21)17-9-6-12-22(17)15-7-4-5-8-16(15)24-20;14-13(15,16)17-11-7-3-1-5-9(11)10-6-2-4-8-12(10)17;2-1(3,4)8(5,6)7/h5-10H,11-14H2,1-4H3;4-9,12H,10-11,13-14H2,1-3H3;1-8H;(H,5,6,7)/q;;+1;/p-1. The third-order valence-electron chi connectivity index (χ3n) is 13.1. The molecule has 13 nitrogen and oxygen atoms in total. The summed E-state index contributed by atoms with van der Waals surface area (Å²) >= 11 is 0. The Hall–Kier alpha value is -6.71. The smallest absolute Gasteiger partial charge is 0.601 e. The first-order valence-electron chi connectivity index (χ1n) is 24.4. The van der Waals surface area contributed by atoms with Gasteiger partial charge in [-0.1, -0.05) is 48.5 Å². The van der Waals surface area contributed by atoms with Gasteiger partial charge < -0.3 is 42.4 Å². The molecule has 2 saturated heterocycles. The summed E-state index contributed by atoms with van der Waals surface area (Å²) < 4.78 is 128. The van der Waals surface area contributed by atoms with Crippen LogP contribution >= 0.6 is 10.5 Å². The van der Waals surface area contributed by atoms with Crippen LogP contribution in [0.25, 0.3) is 31.5 Å². The summed E-state index contributed by atoms with van der Waals surface area (Å²) in [5.74, 6) is 1.81. The van der Waals surface area contributed by atoms with Gasteiger partial charge in [-0.05, 0) is 121 Å². The van der Waals surface area contributed by atoms with Crippen LogP contribution in [0.1, 0.15) is 84.3 Å². The fraction of sp³-hybridized carbons (Fsp3) is 0.382. The number of likely N-dealkylation sites (tertiary alicyclic amines) is 2. The summed E-state index contributed by atoms with van der Waals surface area (Å²) in [7, 11) is -7.88. The van der Waals surface area contributed by atoms with Gasteiger partial charge >= 0.3 is 23.2 Å². The third kappa shape index (κ3) is 11.7. The first-order chi connectivity index (χ1) is 35.5. The fourth-order valence-corrected chi connectivity index (χ4v) is 11.7. The Kier molecular flexibility index (Phi) is 15.1. The molecule has 11 rings (SSSR count). The van der Waals surface area contributed by atoms with Crippen molar-refractivity contribution in [3.63, 3.8) is 0 Å². The number of thiophene rings is 1. The fourth-order valence-electron chi connectivity index (χ4n) is 9.75. The second kappa shape index (κ2) is 20.7. The highest BCUT2D eigenvalue weighted by Gasteiger charge is 2.49. The summed E-state index contributed by atoms with van der Waals surface area (Å²) in [4.78, 5) is 28.3. The molecule has 0 bridgehead atoms. The number of hydrogen-bond acceptors (Lipinski definition) is 9. The molecule has 4 aliphatic rings. The molecule has 2 amide bonds. The zero-order valence-electron chi connectivity index (χ0n) is 42.8. The summed E-state index contributed by atoms with van der Waals surface area (Å²) in [5.41, 5.74) is -5.86. The minimum absolute atomic E-state index is 0.241. The van der Waals surface area contributed by atoms with Crippen molar-refractivity contribution in [2.75, 3.05) is 26.2 Å². The molecule has 0 unspecified atom stereocenters. The number of alkyl halides is 6. The van der Waals surface area contributed by atoms with E-state index < -0.39 is 42.8 Å². The van der Waals surface area contributed by atoms with E-state index in [0.717, 1.165) is 54.3 Å². The molecular formula is C55H58F6N4O9S2. The lowest BCUT2D eigenvalue weighted by atomic mass is 9.86. The number of ether oxygens (including phenoxy) is 4. The first-order valence-corrected chi connectivity index (χ1v) is 27.1. The highest BCUT2D eigenvalue weighted by molar-refractivity contribution is 7.86. The number of aromatic nitrogens is 2. The van der Waals surface area contributed by atoms with Crippen molar-refractivity contribution >= 4 is 52.9 Å². The number of rotatable bonds is 0. The van der Waals surface area contributed by atoms with Crippen molar-refractivity contribution in [1.82, 2.24) is 18.9 Å². The highest BCUT2D eigenvalue weighted by atomic mass is 32.2. The number of halogens is 6. The highest BCUT2D eigenvalue weighted by Crippen LogP contribution is 2.54. The quantitative estimate of drug-likeness (QED) is 0.0627. The second-order valence-electron chi connectivity index (χ2n) is 20.7. The van der Waals surface area contributed by atoms with Crippen molar-refractivity contribution in [2.24, 2.45) is 0 Å². The number of amides is 2. The molecule has 0 N–H and O–H groups in total. The van der Waals surface area contributed by atoms with Gasteiger partial charge in [-0.2, -0.15) is 13.2 Å². The van der Waals surface area contributed by atoms with Crippen molar-refractivity contribution in [2.45, 2.75) is 108 Å². The minimum Gasteiger partial charge on any atom is -0.741 e. The van der Waals surface area contributed by atoms with Crippen LogP contribution in [0.15, 0.2) is 128 Å². The van der Waals surface area contributed by atoms with Gasteiger partial charge in [-0.25, -0.2) is 18.0 Å². The topological polar surface area (TPSA) is 145 Å². The van der Waals surface area contributed by atoms with Gasteiger partial charge in [0.25, 0.3) is 0 Å². The summed E-state index contributed by atoms with van der Waals surface area (Å²) in [5, 5.41) is 1.42. The zero-order valence-corrected chi connectivity index (χ0v) is 44.5. The number of piperidine rings is 2. The van der Waals surface area contributed by atoms with E-state index in [2.05, 4.69) is 58.7 Å². The van der Waals surface area contributed by atoms with E-state index in [1.807, 2.05) is 77.9 Å². The van der Waals surface area contributed by atoms with E-state index in [9.17, 15) is 35.9 Å². The molecule has 3 aromatic heterocycles. The molecule has 7 heterocycles. The maximum atomic E-state index is 13.1. The van der Waals surface area contributed by atoms with Crippen LogP contribution in [-0.2, 0) is 36.3 Å². The van der Waals surface area contributed by atoms with Crippen molar-refractivity contribution in [1.29, 1.82) is 0 Å². The molecule has 4 aromatic carbocycles. The van der Waals surface area contributed by atoms with Crippen molar-refractivity contribution < 1.29 is 67.8 Å². The van der Waals surface area contributed by atoms with E-state index in [1.165, 1.54) is 11.4 Å². The molecule has 4 aliphatic heterocycles. The Morgan fingerprint density at radius 2 is 0.987 bits per heavy atom. The SMILES string of the molecule is CC(C)(C)OC(=O)N1CCC2(CC1)Oc1ccccc1-n1cccc12.Cc1ccc2n1-c1ccccc1OC21CCN(C(=O)OC(C)(C)C)CC1.FC(F)(F)[s+]1c2ccccc2c2ccccc21.O=S(=O)([O-])C(F)(F)F. The van der Waals surface area contributed by atoms with Crippen LogP contribution < -0.4 is 9.47 Å². The van der Waals surface area contributed by atoms with Gasteiger partial charge in [0, 0.05) is 74.5 Å². The summed E-state index contributed by atoms with van der Waals surface area (Å²) in [6.07, 6.45) is 4.62. The van der Waals surface area contributed by atoms with Crippen LogP contribution in [0.3, 0.4) is 0 Å². The van der Waals surface area contributed by atoms with Crippen molar-refractivity contribution in [3.8, 4) is 22.9 Å². The minimum atomic E-state index is -6.09. The average Bonchev–Trinajstić information content (AvgIpc) is 4.15. The number of carbonyl (C=O) groups excluding carboxylic acids is 2. The number of benzene rings is 4. The monoisotopic (exact) mass is 1100 g/mol. The maximum absolute atomic E-state index is 13.1. The third-order valence-corrected chi connectivity index (χ3v) is 15.7. The lowest BCUT2D eigenvalue weighted by molar-refractivity contribution is -0.0863. The molecule has 0 saturated carbocycles. The summed E-state index contributed by atoms with van der Waals surface area (Å²) in [6.45, 7) is 16.0.